The van der Waals surface area contributed by atoms with Crippen molar-refractivity contribution in [3.63, 3.8) is 0 Å². The molecule has 0 aliphatic carbocycles. The summed E-state index contributed by atoms with van der Waals surface area (Å²) in [6, 6.07) is 1.86. The van der Waals surface area contributed by atoms with Gasteiger partial charge in [0.2, 0.25) is 5.88 Å². The lowest BCUT2D eigenvalue weighted by molar-refractivity contribution is -0.139. The van der Waals surface area contributed by atoms with Crippen molar-refractivity contribution in [1.82, 2.24) is 14.6 Å². The molecule has 0 saturated carbocycles. The molecule has 0 aromatic carbocycles. The minimum atomic E-state index is -1.03. The standard InChI is InChI=1S/C11H13N3O3/c1-7(2)8-5-9-11(17-6-10(15)16)12-3-4-14(9)13-8/h3-5,7H,6H2,1-2H3,(H,15,16). The van der Waals surface area contributed by atoms with E-state index in [-0.39, 0.29) is 5.88 Å². The smallest absolute Gasteiger partial charge is 0.341 e. The number of ether oxygens (including phenoxy) is 1. The van der Waals surface area contributed by atoms with E-state index in [2.05, 4.69) is 10.1 Å². The van der Waals surface area contributed by atoms with E-state index in [0.717, 1.165) is 5.69 Å². The molecular weight excluding hydrogens is 222 g/mol. The van der Waals surface area contributed by atoms with Crippen LogP contribution in [0.25, 0.3) is 5.52 Å². The minimum Gasteiger partial charge on any atom is -0.479 e. The molecule has 6 nitrogen and oxygen atoms in total. The lowest BCUT2D eigenvalue weighted by Crippen LogP contribution is -2.10. The van der Waals surface area contributed by atoms with Gasteiger partial charge in [0.1, 0.15) is 5.52 Å². The molecule has 0 aliphatic heterocycles. The lowest BCUT2D eigenvalue weighted by Gasteiger charge is -2.02. The van der Waals surface area contributed by atoms with Crippen molar-refractivity contribution in [3.05, 3.63) is 24.2 Å². The molecule has 0 amide bonds. The molecule has 0 aliphatic rings. The predicted octanol–water partition coefficient (Wildman–Crippen LogP) is 1.32. The summed E-state index contributed by atoms with van der Waals surface area (Å²) in [4.78, 5) is 14.5. The molecule has 0 bridgehead atoms. The Labute approximate surface area is 97.9 Å². The highest BCUT2D eigenvalue weighted by atomic mass is 16.5. The Morgan fingerprint density at radius 3 is 3.00 bits per heavy atom. The van der Waals surface area contributed by atoms with Crippen molar-refractivity contribution in [2.75, 3.05) is 6.61 Å². The monoisotopic (exact) mass is 235 g/mol. The summed E-state index contributed by atoms with van der Waals surface area (Å²) < 4.78 is 6.74. The van der Waals surface area contributed by atoms with E-state index in [9.17, 15) is 4.79 Å². The third kappa shape index (κ3) is 2.35. The molecule has 1 N–H and O–H groups in total. The van der Waals surface area contributed by atoms with Crippen molar-refractivity contribution in [1.29, 1.82) is 0 Å². The summed E-state index contributed by atoms with van der Waals surface area (Å²) in [5.74, 6) is -0.450. The van der Waals surface area contributed by atoms with Gasteiger partial charge in [0, 0.05) is 12.4 Å². The number of hydrogen-bond acceptors (Lipinski definition) is 4. The van der Waals surface area contributed by atoms with Crippen LogP contribution in [0.5, 0.6) is 5.88 Å². The van der Waals surface area contributed by atoms with Crippen molar-refractivity contribution < 1.29 is 14.6 Å². The lowest BCUT2D eigenvalue weighted by atomic mass is 10.1. The van der Waals surface area contributed by atoms with E-state index in [0.29, 0.717) is 11.4 Å². The normalized spacial score (nSPS) is 11.0. The van der Waals surface area contributed by atoms with Crippen LogP contribution in [0.1, 0.15) is 25.5 Å². The van der Waals surface area contributed by atoms with Crippen molar-refractivity contribution in [2.45, 2.75) is 19.8 Å². The second-order valence-electron chi connectivity index (χ2n) is 3.97. The Hall–Kier alpha value is -2.11. The van der Waals surface area contributed by atoms with Crippen molar-refractivity contribution >= 4 is 11.5 Å². The number of rotatable bonds is 4. The molecule has 90 valence electrons. The fraction of sp³-hybridized carbons (Fsp3) is 0.364. The molecule has 0 unspecified atom stereocenters. The first kappa shape index (κ1) is 11.4. The van der Waals surface area contributed by atoms with Crippen molar-refractivity contribution in [3.8, 4) is 5.88 Å². The largest absolute Gasteiger partial charge is 0.479 e. The van der Waals surface area contributed by atoms with Crippen LogP contribution in [0, 0.1) is 0 Å². The molecular formula is C11H13N3O3. The quantitative estimate of drug-likeness (QED) is 0.864. The first-order valence-electron chi connectivity index (χ1n) is 5.27. The van der Waals surface area contributed by atoms with E-state index < -0.39 is 12.6 Å². The van der Waals surface area contributed by atoms with E-state index >= 15 is 0 Å². The molecule has 0 spiro atoms. The van der Waals surface area contributed by atoms with Gasteiger partial charge in [-0.15, -0.1) is 0 Å². The van der Waals surface area contributed by atoms with Gasteiger partial charge in [0.15, 0.2) is 6.61 Å². The highest BCUT2D eigenvalue weighted by Gasteiger charge is 2.11. The third-order valence-electron chi connectivity index (χ3n) is 2.30. The minimum absolute atomic E-state index is 0.286. The Kier molecular flexibility index (Phi) is 2.95. The number of aromatic nitrogens is 3. The molecule has 2 aromatic heterocycles. The van der Waals surface area contributed by atoms with Gasteiger partial charge in [0.25, 0.3) is 0 Å². The molecule has 0 atom stereocenters. The zero-order valence-electron chi connectivity index (χ0n) is 9.62. The van der Waals surface area contributed by atoms with Crippen LogP contribution in [0.3, 0.4) is 0 Å². The van der Waals surface area contributed by atoms with Crippen LogP contribution in [0.15, 0.2) is 18.5 Å². The van der Waals surface area contributed by atoms with Gasteiger partial charge >= 0.3 is 5.97 Å². The zero-order valence-corrected chi connectivity index (χ0v) is 9.62. The summed E-state index contributed by atoms with van der Waals surface area (Å²) in [6.45, 7) is 3.66. The number of aliphatic carboxylic acids is 1. The third-order valence-corrected chi connectivity index (χ3v) is 2.30. The summed E-state index contributed by atoms with van der Waals surface area (Å²) in [7, 11) is 0. The molecule has 0 fully saturated rings. The van der Waals surface area contributed by atoms with Crippen LogP contribution in [-0.2, 0) is 4.79 Å². The molecule has 6 heteroatoms. The van der Waals surface area contributed by atoms with E-state index in [1.54, 1.807) is 10.7 Å². The number of nitrogens with zero attached hydrogens (tertiary/aromatic N) is 3. The molecule has 0 saturated heterocycles. The average molecular weight is 235 g/mol. The SMILES string of the molecule is CC(C)c1cc2c(OCC(=O)O)nccn2n1. The molecule has 2 aromatic rings. The van der Waals surface area contributed by atoms with Crippen LogP contribution in [-0.4, -0.2) is 32.3 Å². The summed E-state index contributed by atoms with van der Waals surface area (Å²) in [6.07, 6.45) is 3.23. The van der Waals surface area contributed by atoms with Crippen LogP contribution in [0.4, 0.5) is 0 Å². The topological polar surface area (TPSA) is 76.7 Å². The second kappa shape index (κ2) is 4.40. The number of fused-ring (bicyclic) bond motifs is 1. The van der Waals surface area contributed by atoms with E-state index in [1.807, 2.05) is 19.9 Å². The number of carbonyl (C=O) groups is 1. The molecule has 0 radical (unpaired) electrons. The number of carboxylic acids is 1. The van der Waals surface area contributed by atoms with Crippen molar-refractivity contribution in [2.24, 2.45) is 0 Å². The van der Waals surface area contributed by atoms with Gasteiger partial charge < -0.3 is 9.84 Å². The first-order valence-corrected chi connectivity index (χ1v) is 5.27. The highest BCUT2D eigenvalue weighted by molar-refractivity contribution is 5.69. The Morgan fingerprint density at radius 1 is 1.59 bits per heavy atom. The number of carboxylic acid groups (broad SMARTS) is 1. The fourth-order valence-electron chi connectivity index (χ4n) is 1.44. The fourth-order valence-corrected chi connectivity index (χ4v) is 1.44. The first-order chi connectivity index (χ1) is 8.08. The molecule has 2 rings (SSSR count). The Bertz CT molecular complexity index is 548. The highest BCUT2D eigenvalue weighted by Crippen LogP contribution is 2.21. The zero-order chi connectivity index (χ0) is 12.4. The Balaban J connectivity index is 2.38. The average Bonchev–Trinajstić information content (AvgIpc) is 2.70. The maximum atomic E-state index is 10.4. The second-order valence-corrected chi connectivity index (χ2v) is 3.97. The van der Waals surface area contributed by atoms with Gasteiger partial charge in [-0.3, -0.25) is 0 Å². The van der Waals surface area contributed by atoms with Crippen LogP contribution in [0.2, 0.25) is 0 Å². The van der Waals surface area contributed by atoms with Gasteiger partial charge in [-0.25, -0.2) is 14.3 Å². The van der Waals surface area contributed by atoms with E-state index in [1.165, 1.54) is 6.20 Å². The van der Waals surface area contributed by atoms with Gasteiger partial charge in [-0.1, -0.05) is 13.8 Å². The summed E-state index contributed by atoms with van der Waals surface area (Å²) in [5.41, 5.74) is 1.59. The maximum absolute atomic E-state index is 10.4. The summed E-state index contributed by atoms with van der Waals surface area (Å²) >= 11 is 0. The van der Waals surface area contributed by atoms with Gasteiger partial charge in [-0.2, -0.15) is 5.10 Å². The molecule has 17 heavy (non-hydrogen) atoms. The van der Waals surface area contributed by atoms with E-state index in [4.69, 9.17) is 9.84 Å². The molecule has 2 heterocycles. The van der Waals surface area contributed by atoms with Crippen LogP contribution >= 0.6 is 0 Å². The van der Waals surface area contributed by atoms with Gasteiger partial charge in [0.05, 0.1) is 5.69 Å². The van der Waals surface area contributed by atoms with Crippen LogP contribution < -0.4 is 4.74 Å². The number of hydrogen-bond donors (Lipinski definition) is 1. The predicted molar refractivity (Wildman–Crippen MR) is 60.2 cm³/mol. The maximum Gasteiger partial charge on any atom is 0.341 e. The Morgan fingerprint density at radius 2 is 2.35 bits per heavy atom. The summed E-state index contributed by atoms with van der Waals surface area (Å²) in [5, 5.41) is 12.9. The van der Waals surface area contributed by atoms with Gasteiger partial charge in [-0.05, 0) is 12.0 Å².